The van der Waals surface area contributed by atoms with E-state index in [-0.39, 0.29) is 18.0 Å². The monoisotopic (exact) mass is 325 g/mol. The van der Waals surface area contributed by atoms with Crippen LogP contribution in [0.15, 0.2) is 30.6 Å². The second-order valence-electron chi connectivity index (χ2n) is 6.76. The third-order valence-electron chi connectivity index (χ3n) is 5.14. The second kappa shape index (κ2) is 6.36. The lowest BCUT2D eigenvalue weighted by Crippen LogP contribution is -2.49. The van der Waals surface area contributed by atoms with E-state index in [0.29, 0.717) is 6.54 Å². The van der Waals surface area contributed by atoms with Gasteiger partial charge in [0.05, 0.1) is 13.1 Å². The zero-order valence-electron chi connectivity index (χ0n) is 14.0. The number of amides is 1. The summed E-state index contributed by atoms with van der Waals surface area (Å²) < 4.78 is 1.93. The Bertz CT molecular complexity index is 741. The Kier molecular flexibility index (Phi) is 4.06. The molecule has 2 aliphatic heterocycles. The van der Waals surface area contributed by atoms with Crippen molar-refractivity contribution in [3.63, 3.8) is 0 Å². The first-order valence-electron chi connectivity index (χ1n) is 8.72. The first-order valence-corrected chi connectivity index (χ1v) is 8.72. The van der Waals surface area contributed by atoms with Crippen LogP contribution >= 0.6 is 0 Å². The summed E-state index contributed by atoms with van der Waals surface area (Å²) in [5.74, 6) is 1.19. The number of carbonyl (C=O) groups excluding carboxylic acids is 1. The van der Waals surface area contributed by atoms with Gasteiger partial charge in [-0.15, -0.1) is 0 Å². The van der Waals surface area contributed by atoms with Gasteiger partial charge in [0.2, 0.25) is 5.91 Å². The summed E-state index contributed by atoms with van der Waals surface area (Å²) in [6.45, 7) is 3.29. The molecule has 0 saturated carbocycles. The summed E-state index contributed by atoms with van der Waals surface area (Å²) in [6, 6.07) is 8.78. The molecule has 6 nitrogen and oxygen atoms in total. The average Bonchev–Trinajstić information content (AvgIpc) is 3.07. The van der Waals surface area contributed by atoms with E-state index in [0.717, 1.165) is 43.7 Å². The molecule has 1 N–H and O–H groups in total. The smallest absolute Gasteiger partial charge is 0.241 e. The maximum absolute atomic E-state index is 12.8. The van der Waals surface area contributed by atoms with Crippen LogP contribution in [0.3, 0.4) is 0 Å². The van der Waals surface area contributed by atoms with Crippen molar-refractivity contribution in [1.82, 2.24) is 20.1 Å². The van der Waals surface area contributed by atoms with Gasteiger partial charge in [-0.3, -0.25) is 4.79 Å². The number of fused-ring (bicyclic) bond motifs is 2. The molecule has 1 aromatic carbocycles. The standard InChI is InChI=1S/C18H23N5O/c1-13-6-7-14-4-2-3-5-16(14)23(13)18(24)10-19-15-8-9-17-20-12-21-22(17)11-15/h2-5,12-13,15,19H,6-11H2,1H3/t13-,15-/m1/s1. The Morgan fingerprint density at radius 2 is 2.17 bits per heavy atom. The Labute approximate surface area is 141 Å². The number of nitrogens with one attached hydrogen (secondary N) is 1. The number of aromatic nitrogens is 3. The highest BCUT2D eigenvalue weighted by Gasteiger charge is 2.28. The van der Waals surface area contributed by atoms with Crippen LogP contribution in [-0.2, 0) is 24.2 Å². The molecule has 0 bridgehead atoms. The van der Waals surface area contributed by atoms with Gasteiger partial charge in [-0.1, -0.05) is 18.2 Å². The van der Waals surface area contributed by atoms with Crippen molar-refractivity contribution < 1.29 is 4.79 Å². The lowest BCUT2D eigenvalue weighted by Gasteiger charge is -2.36. The molecular formula is C18H23N5O. The van der Waals surface area contributed by atoms with Crippen LogP contribution < -0.4 is 10.2 Å². The predicted octanol–water partition coefficient (Wildman–Crippen LogP) is 1.55. The van der Waals surface area contributed by atoms with Crippen LogP contribution in [0.2, 0.25) is 0 Å². The minimum absolute atomic E-state index is 0.152. The minimum atomic E-state index is 0.152. The van der Waals surface area contributed by atoms with Crippen molar-refractivity contribution in [3.05, 3.63) is 42.0 Å². The predicted molar refractivity (Wildman–Crippen MR) is 91.8 cm³/mol. The molecule has 2 aliphatic rings. The van der Waals surface area contributed by atoms with E-state index in [1.165, 1.54) is 5.56 Å². The largest absolute Gasteiger partial charge is 0.308 e. The first kappa shape index (κ1) is 15.3. The molecule has 6 heteroatoms. The lowest BCUT2D eigenvalue weighted by atomic mass is 9.96. The number of anilines is 1. The van der Waals surface area contributed by atoms with Crippen molar-refractivity contribution in [2.45, 2.75) is 51.2 Å². The third kappa shape index (κ3) is 2.82. The van der Waals surface area contributed by atoms with E-state index in [9.17, 15) is 4.79 Å². The quantitative estimate of drug-likeness (QED) is 0.930. The van der Waals surface area contributed by atoms with Gasteiger partial charge in [0.1, 0.15) is 12.2 Å². The topological polar surface area (TPSA) is 63.1 Å². The normalized spacial score (nSPS) is 22.8. The summed E-state index contributed by atoms with van der Waals surface area (Å²) in [6.07, 6.45) is 5.59. The molecule has 0 spiro atoms. The van der Waals surface area contributed by atoms with Gasteiger partial charge in [-0.2, -0.15) is 5.10 Å². The zero-order chi connectivity index (χ0) is 16.5. The summed E-state index contributed by atoms with van der Waals surface area (Å²) in [5.41, 5.74) is 2.35. The van der Waals surface area contributed by atoms with E-state index in [2.05, 4.69) is 34.5 Å². The number of aryl methyl sites for hydroxylation is 2. The number of hydrogen-bond donors (Lipinski definition) is 1. The number of para-hydroxylation sites is 1. The zero-order valence-corrected chi connectivity index (χ0v) is 14.0. The molecular weight excluding hydrogens is 302 g/mol. The minimum Gasteiger partial charge on any atom is -0.308 e. The van der Waals surface area contributed by atoms with Gasteiger partial charge in [0.25, 0.3) is 0 Å². The van der Waals surface area contributed by atoms with E-state index in [4.69, 9.17) is 0 Å². The summed E-state index contributed by atoms with van der Waals surface area (Å²) >= 11 is 0. The van der Waals surface area contributed by atoms with Gasteiger partial charge in [-0.05, 0) is 37.8 Å². The summed E-state index contributed by atoms with van der Waals surface area (Å²) in [5, 5.41) is 7.66. The Balaban J connectivity index is 1.42. The number of hydrogen-bond acceptors (Lipinski definition) is 4. The highest BCUT2D eigenvalue weighted by Crippen LogP contribution is 2.30. The van der Waals surface area contributed by atoms with E-state index < -0.39 is 0 Å². The Morgan fingerprint density at radius 1 is 1.29 bits per heavy atom. The maximum atomic E-state index is 12.8. The van der Waals surface area contributed by atoms with Gasteiger partial charge < -0.3 is 10.2 Å². The molecule has 2 atom stereocenters. The van der Waals surface area contributed by atoms with Crippen molar-refractivity contribution in [1.29, 1.82) is 0 Å². The SMILES string of the molecule is C[C@@H]1CCc2ccccc2N1C(=O)CN[C@@H]1CCc2ncnn2C1. The highest BCUT2D eigenvalue weighted by atomic mass is 16.2. The van der Waals surface area contributed by atoms with Crippen molar-refractivity contribution >= 4 is 11.6 Å². The number of nitrogens with zero attached hydrogens (tertiary/aromatic N) is 4. The van der Waals surface area contributed by atoms with Crippen LogP contribution in [0.5, 0.6) is 0 Å². The molecule has 126 valence electrons. The first-order chi connectivity index (χ1) is 11.7. The van der Waals surface area contributed by atoms with E-state index in [1.807, 2.05) is 21.7 Å². The Hall–Kier alpha value is -2.21. The molecule has 0 aliphatic carbocycles. The molecule has 0 radical (unpaired) electrons. The van der Waals surface area contributed by atoms with Gasteiger partial charge >= 0.3 is 0 Å². The van der Waals surface area contributed by atoms with Crippen LogP contribution in [0, 0.1) is 0 Å². The molecule has 4 rings (SSSR count). The van der Waals surface area contributed by atoms with Crippen LogP contribution in [-0.4, -0.2) is 39.3 Å². The molecule has 0 unspecified atom stereocenters. The number of benzene rings is 1. The fourth-order valence-electron chi connectivity index (χ4n) is 3.79. The average molecular weight is 325 g/mol. The molecule has 2 aromatic rings. The van der Waals surface area contributed by atoms with Crippen LogP contribution in [0.1, 0.15) is 31.2 Å². The van der Waals surface area contributed by atoms with Crippen molar-refractivity contribution in [3.8, 4) is 0 Å². The number of rotatable bonds is 3. The molecule has 1 aromatic heterocycles. The fraction of sp³-hybridized carbons (Fsp3) is 0.500. The van der Waals surface area contributed by atoms with Crippen molar-refractivity contribution in [2.24, 2.45) is 0 Å². The molecule has 24 heavy (non-hydrogen) atoms. The lowest BCUT2D eigenvalue weighted by molar-refractivity contribution is -0.118. The van der Waals surface area contributed by atoms with E-state index in [1.54, 1.807) is 6.33 Å². The summed E-state index contributed by atoms with van der Waals surface area (Å²) in [7, 11) is 0. The van der Waals surface area contributed by atoms with Crippen molar-refractivity contribution in [2.75, 3.05) is 11.4 Å². The van der Waals surface area contributed by atoms with Gasteiger partial charge in [-0.25, -0.2) is 9.67 Å². The highest BCUT2D eigenvalue weighted by molar-refractivity contribution is 5.96. The molecule has 0 saturated heterocycles. The molecule has 1 amide bonds. The molecule has 3 heterocycles. The summed E-state index contributed by atoms with van der Waals surface area (Å²) in [4.78, 5) is 19.0. The fourth-order valence-corrected chi connectivity index (χ4v) is 3.79. The maximum Gasteiger partial charge on any atom is 0.241 e. The van der Waals surface area contributed by atoms with E-state index >= 15 is 0 Å². The van der Waals surface area contributed by atoms with Gasteiger partial charge in [0.15, 0.2) is 0 Å². The Morgan fingerprint density at radius 3 is 3.08 bits per heavy atom. The van der Waals surface area contributed by atoms with Crippen LogP contribution in [0.25, 0.3) is 0 Å². The van der Waals surface area contributed by atoms with Crippen LogP contribution in [0.4, 0.5) is 5.69 Å². The number of carbonyl (C=O) groups is 1. The van der Waals surface area contributed by atoms with Gasteiger partial charge in [0, 0.05) is 24.2 Å². The second-order valence-corrected chi connectivity index (χ2v) is 6.76. The molecule has 0 fully saturated rings. The third-order valence-corrected chi connectivity index (χ3v) is 5.14.